The van der Waals surface area contributed by atoms with Gasteiger partial charge < -0.3 is 4.57 Å². The SMILES string of the molecule is O=c1ccccn1CCn1ncc(Br)c(Br)c1=O. The first-order valence-electron chi connectivity index (χ1n) is 5.16. The van der Waals surface area contributed by atoms with Gasteiger partial charge in [0.15, 0.2) is 0 Å². The lowest BCUT2D eigenvalue weighted by atomic mass is 10.4. The average molecular weight is 375 g/mol. The minimum absolute atomic E-state index is 0.0956. The third-order valence-corrected chi connectivity index (χ3v) is 4.29. The molecule has 0 aliphatic heterocycles. The van der Waals surface area contributed by atoms with Crippen molar-refractivity contribution in [2.75, 3.05) is 0 Å². The molecule has 0 spiro atoms. The van der Waals surface area contributed by atoms with Crippen LogP contribution in [0, 0.1) is 0 Å². The molecule has 2 rings (SSSR count). The van der Waals surface area contributed by atoms with Crippen LogP contribution in [-0.2, 0) is 13.1 Å². The van der Waals surface area contributed by atoms with E-state index in [2.05, 4.69) is 37.0 Å². The Labute approximate surface area is 119 Å². The van der Waals surface area contributed by atoms with E-state index < -0.39 is 0 Å². The Kier molecular flexibility index (Phi) is 4.13. The zero-order chi connectivity index (χ0) is 13.1. The molecule has 7 heteroatoms. The molecule has 0 aliphatic carbocycles. The lowest BCUT2D eigenvalue weighted by Gasteiger charge is -2.07. The topological polar surface area (TPSA) is 56.9 Å². The summed E-state index contributed by atoms with van der Waals surface area (Å²) in [6.45, 7) is 0.745. The Morgan fingerprint density at radius 2 is 1.94 bits per heavy atom. The molecule has 0 unspecified atom stereocenters. The lowest BCUT2D eigenvalue weighted by Crippen LogP contribution is -2.28. The maximum atomic E-state index is 11.8. The summed E-state index contributed by atoms with van der Waals surface area (Å²) in [5.74, 6) is 0. The minimum atomic E-state index is -0.228. The van der Waals surface area contributed by atoms with E-state index in [0.29, 0.717) is 22.0 Å². The van der Waals surface area contributed by atoms with E-state index in [4.69, 9.17) is 0 Å². The Balaban J connectivity index is 2.22. The van der Waals surface area contributed by atoms with Crippen LogP contribution >= 0.6 is 31.9 Å². The summed E-state index contributed by atoms with van der Waals surface area (Å²) in [6, 6.07) is 4.93. The van der Waals surface area contributed by atoms with Crippen LogP contribution in [0.2, 0.25) is 0 Å². The van der Waals surface area contributed by atoms with Crippen molar-refractivity contribution in [1.82, 2.24) is 14.3 Å². The Bertz CT molecular complexity index is 678. The largest absolute Gasteiger partial charge is 0.314 e. The van der Waals surface area contributed by atoms with E-state index in [-0.39, 0.29) is 11.1 Å². The van der Waals surface area contributed by atoms with Gasteiger partial charge in [-0.25, -0.2) is 4.68 Å². The molecule has 2 heterocycles. The third kappa shape index (κ3) is 2.78. The molecule has 2 aromatic rings. The highest BCUT2D eigenvalue weighted by Crippen LogP contribution is 2.16. The number of nitrogens with zero attached hydrogens (tertiary/aromatic N) is 3. The van der Waals surface area contributed by atoms with Crippen LogP contribution in [0.1, 0.15) is 0 Å². The van der Waals surface area contributed by atoms with E-state index in [9.17, 15) is 9.59 Å². The molecule has 5 nitrogen and oxygen atoms in total. The van der Waals surface area contributed by atoms with Crippen LogP contribution in [0.15, 0.2) is 49.1 Å². The van der Waals surface area contributed by atoms with Gasteiger partial charge in [0.2, 0.25) is 0 Å². The first-order chi connectivity index (χ1) is 8.59. The van der Waals surface area contributed by atoms with Gasteiger partial charge in [-0.05, 0) is 37.9 Å². The normalized spacial score (nSPS) is 10.6. The molecule has 0 atom stereocenters. The maximum absolute atomic E-state index is 11.8. The summed E-state index contributed by atoms with van der Waals surface area (Å²) in [5, 5.41) is 4.00. The van der Waals surface area contributed by atoms with Crippen LogP contribution in [0.4, 0.5) is 0 Å². The van der Waals surface area contributed by atoms with Gasteiger partial charge in [-0.15, -0.1) is 0 Å². The second-order valence-corrected chi connectivity index (χ2v) is 5.21. The number of pyridine rings is 1. The van der Waals surface area contributed by atoms with Crippen LogP contribution in [0.25, 0.3) is 0 Å². The fourth-order valence-corrected chi connectivity index (χ4v) is 2.02. The predicted molar refractivity (Wildman–Crippen MR) is 74.6 cm³/mol. The first kappa shape index (κ1) is 13.2. The fraction of sp³-hybridized carbons (Fsp3) is 0.182. The monoisotopic (exact) mass is 373 g/mol. The standard InChI is InChI=1S/C11H9Br2N3O2/c12-8-7-14-16(11(18)10(8)13)6-5-15-4-2-1-3-9(15)17/h1-4,7H,5-6H2. The Morgan fingerprint density at radius 3 is 2.67 bits per heavy atom. The van der Waals surface area contributed by atoms with Crippen LogP contribution < -0.4 is 11.1 Å². The van der Waals surface area contributed by atoms with Gasteiger partial charge >= 0.3 is 0 Å². The third-order valence-electron chi connectivity index (χ3n) is 2.39. The zero-order valence-corrected chi connectivity index (χ0v) is 12.4. The molecule has 0 saturated heterocycles. The second-order valence-electron chi connectivity index (χ2n) is 3.57. The summed E-state index contributed by atoms with van der Waals surface area (Å²) in [4.78, 5) is 23.3. The van der Waals surface area contributed by atoms with Gasteiger partial charge in [0.25, 0.3) is 11.1 Å². The first-order valence-corrected chi connectivity index (χ1v) is 6.75. The summed E-state index contributed by atoms with van der Waals surface area (Å²) in [5.41, 5.74) is -0.324. The predicted octanol–water partition coefficient (Wildman–Crippen LogP) is 1.63. The molecule has 0 fully saturated rings. The lowest BCUT2D eigenvalue weighted by molar-refractivity contribution is 0.500. The van der Waals surface area contributed by atoms with Gasteiger partial charge in [-0.1, -0.05) is 6.07 Å². The average Bonchev–Trinajstić information content (AvgIpc) is 2.37. The smallest absolute Gasteiger partial charge is 0.282 e. The second kappa shape index (κ2) is 5.62. The zero-order valence-electron chi connectivity index (χ0n) is 9.22. The van der Waals surface area contributed by atoms with E-state index in [1.807, 2.05) is 0 Å². The van der Waals surface area contributed by atoms with Gasteiger partial charge in [0.05, 0.1) is 17.2 Å². The minimum Gasteiger partial charge on any atom is -0.314 e. The van der Waals surface area contributed by atoms with E-state index in [1.54, 1.807) is 24.5 Å². The number of hydrogen-bond donors (Lipinski definition) is 0. The van der Waals surface area contributed by atoms with Gasteiger partial charge in [0.1, 0.15) is 4.47 Å². The summed E-state index contributed by atoms with van der Waals surface area (Å²) in [6.07, 6.45) is 3.22. The highest BCUT2D eigenvalue weighted by Gasteiger charge is 2.06. The quantitative estimate of drug-likeness (QED) is 0.820. The van der Waals surface area contributed by atoms with Crippen molar-refractivity contribution >= 4 is 31.9 Å². The van der Waals surface area contributed by atoms with E-state index >= 15 is 0 Å². The highest BCUT2D eigenvalue weighted by molar-refractivity contribution is 9.13. The number of halogens is 2. The Hall–Kier alpha value is -1.21. The summed E-state index contributed by atoms with van der Waals surface area (Å²) in [7, 11) is 0. The number of rotatable bonds is 3. The van der Waals surface area contributed by atoms with Crippen molar-refractivity contribution in [1.29, 1.82) is 0 Å². The van der Waals surface area contributed by atoms with Crippen LogP contribution in [-0.4, -0.2) is 14.3 Å². The van der Waals surface area contributed by atoms with Crippen molar-refractivity contribution in [3.63, 3.8) is 0 Å². The van der Waals surface area contributed by atoms with Gasteiger partial charge in [-0.2, -0.15) is 5.10 Å². The number of hydrogen-bond acceptors (Lipinski definition) is 3. The molecular formula is C11H9Br2N3O2. The molecule has 0 amide bonds. The molecule has 0 bridgehead atoms. The maximum Gasteiger partial charge on any atom is 0.282 e. The Morgan fingerprint density at radius 1 is 1.17 bits per heavy atom. The molecule has 0 aliphatic rings. The molecule has 18 heavy (non-hydrogen) atoms. The van der Waals surface area contributed by atoms with Crippen molar-refractivity contribution in [3.8, 4) is 0 Å². The number of aromatic nitrogens is 3. The molecule has 0 radical (unpaired) electrons. The van der Waals surface area contributed by atoms with Crippen molar-refractivity contribution in [2.45, 2.75) is 13.1 Å². The van der Waals surface area contributed by atoms with Gasteiger partial charge in [0, 0.05) is 18.8 Å². The fourth-order valence-electron chi connectivity index (χ4n) is 1.45. The van der Waals surface area contributed by atoms with Crippen molar-refractivity contribution in [3.05, 3.63) is 60.2 Å². The van der Waals surface area contributed by atoms with E-state index in [1.165, 1.54) is 15.3 Å². The summed E-state index contributed by atoms with van der Waals surface area (Å²) >= 11 is 6.39. The van der Waals surface area contributed by atoms with Gasteiger partial charge in [-0.3, -0.25) is 9.59 Å². The summed E-state index contributed by atoms with van der Waals surface area (Å²) < 4.78 is 3.89. The highest BCUT2D eigenvalue weighted by atomic mass is 79.9. The van der Waals surface area contributed by atoms with E-state index in [0.717, 1.165) is 0 Å². The van der Waals surface area contributed by atoms with Crippen LogP contribution in [0.3, 0.4) is 0 Å². The molecule has 94 valence electrons. The molecule has 0 N–H and O–H groups in total. The molecule has 0 saturated carbocycles. The van der Waals surface area contributed by atoms with Crippen molar-refractivity contribution < 1.29 is 0 Å². The molecule has 2 aromatic heterocycles. The van der Waals surface area contributed by atoms with Crippen molar-refractivity contribution in [2.24, 2.45) is 0 Å². The molecule has 0 aromatic carbocycles. The molecular weight excluding hydrogens is 366 g/mol. The number of aryl methyl sites for hydroxylation is 2. The van der Waals surface area contributed by atoms with Crippen LogP contribution in [0.5, 0.6) is 0 Å².